The van der Waals surface area contributed by atoms with Gasteiger partial charge in [0.25, 0.3) is 0 Å². The Morgan fingerprint density at radius 1 is 1.16 bits per heavy atom. The van der Waals surface area contributed by atoms with Crippen LogP contribution in [0.25, 0.3) is 10.9 Å². The fourth-order valence-electron chi connectivity index (χ4n) is 4.38. The molecule has 1 aliphatic rings. The molecule has 4 N–H and O–H groups in total. The van der Waals surface area contributed by atoms with Crippen molar-refractivity contribution in [1.29, 1.82) is 5.26 Å². The number of methoxy groups -OCH3 is 1. The molecule has 37 heavy (non-hydrogen) atoms. The normalized spacial score (nSPS) is 17.5. The van der Waals surface area contributed by atoms with Crippen molar-refractivity contribution < 1.29 is 19.1 Å². The van der Waals surface area contributed by atoms with Gasteiger partial charge in [-0.3, -0.25) is 5.10 Å². The molecule has 194 valence electrons. The Morgan fingerprint density at radius 2 is 1.92 bits per heavy atom. The molecule has 0 bridgehead atoms. The van der Waals surface area contributed by atoms with Crippen molar-refractivity contribution in [2.45, 2.75) is 64.1 Å². The molecule has 0 saturated heterocycles. The van der Waals surface area contributed by atoms with E-state index < -0.39 is 17.7 Å². The zero-order chi connectivity index (χ0) is 26.6. The van der Waals surface area contributed by atoms with E-state index in [9.17, 15) is 14.9 Å². The van der Waals surface area contributed by atoms with Crippen LogP contribution in [0.1, 0.15) is 62.4 Å². The number of hydrogen-bond acceptors (Lipinski definition) is 9. The number of esters is 1. The van der Waals surface area contributed by atoms with E-state index in [-0.39, 0.29) is 29.0 Å². The predicted octanol–water partition coefficient (Wildman–Crippen LogP) is 4.61. The zero-order valence-corrected chi connectivity index (χ0v) is 21.3. The van der Waals surface area contributed by atoms with E-state index in [0.29, 0.717) is 11.5 Å². The summed E-state index contributed by atoms with van der Waals surface area (Å²) in [5, 5.41) is 27.2. The van der Waals surface area contributed by atoms with Crippen molar-refractivity contribution in [2.75, 3.05) is 17.7 Å². The monoisotopic (exact) mass is 505 g/mol. The maximum absolute atomic E-state index is 12.6. The average Bonchev–Trinajstić information content (AvgIpc) is 3.31. The lowest BCUT2D eigenvalue weighted by Crippen LogP contribution is -2.49. The van der Waals surface area contributed by atoms with Gasteiger partial charge in [-0.05, 0) is 57.9 Å². The van der Waals surface area contributed by atoms with Crippen LogP contribution in [0.4, 0.5) is 22.1 Å². The SMILES string of the molecule is COC(=O)c1c(C#N)cc(NC2CCCC[C@@H]2NC(=O)OC(C)(C)C)nc1Nc1ccc2cn[nH]c2c1. The molecule has 2 heterocycles. The summed E-state index contributed by atoms with van der Waals surface area (Å²) in [6, 6.07) is 8.82. The largest absolute Gasteiger partial charge is 0.465 e. The highest BCUT2D eigenvalue weighted by molar-refractivity contribution is 5.99. The number of nitrogens with one attached hydrogen (secondary N) is 4. The summed E-state index contributed by atoms with van der Waals surface area (Å²) in [6.45, 7) is 5.45. The highest BCUT2D eigenvalue weighted by Gasteiger charge is 2.29. The molecule has 0 aliphatic heterocycles. The number of nitriles is 1. The second-order valence-corrected chi connectivity index (χ2v) is 9.97. The minimum Gasteiger partial charge on any atom is -0.465 e. The first-order valence-corrected chi connectivity index (χ1v) is 12.2. The first-order chi connectivity index (χ1) is 17.7. The number of H-pyrrole nitrogens is 1. The molecule has 1 unspecified atom stereocenters. The number of nitrogens with zero attached hydrogens (tertiary/aromatic N) is 3. The molecule has 2 atom stereocenters. The second kappa shape index (κ2) is 10.7. The van der Waals surface area contributed by atoms with Gasteiger partial charge in [0.05, 0.1) is 30.4 Å². The number of carbonyl (C=O) groups excluding carboxylic acids is 2. The Morgan fingerprint density at radius 3 is 2.62 bits per heavy atom. The Balaban J connectivity index is 1.63. The molecular weight excluding hydrogens is 474 g/mol. The van der Waals surface area contributed by atoms with Gasteiger partial charge in [-0.15, -0.1) is 0 Å². The molecule has 1 aromatic carbocycles. The number of hydrogen-bond donors (Lipinski definition) is 4. The fourth-order valence-corrected chi connectivity index (χ4v) is 4.38. The van der Waals surface area contributed by atoms with E-state index >= 15 is 0 Å². The van der Waals surface area contributed by atoms with Gasteiger partial charge < -0.3 is 25.4 Å². The molecule has 11 heteroatoms. The van der Waals surface area contributed by atoms with Crippen LogP contribution in [0.15, 0.2) is 30.5 Å². The number of rotatable bonds is 6. The van der Waals surface area contributed by atoms with Crippen molar-refractivity contribution in [3.05, 3.63) is 41.6 Å². The van der Waals surface area contributed by atoms with E-state index in [1.54, 1.807) is 6.20 Å². The highest BCUT2D eigenvalue weighted by Crippen LogP contribution is 2.29. The zero-order valence-electron chi connectivity index (χ0n) is 21.3. The van der Waals surface area contributed by atoms with Crippen LogP contribution in [-0.2, 0) is 9.47 Å². The number of anilines is 3. The molecule has 0 spiro atoms. The summed E-state index contributed by atoms with van der Waals surface area (Å²) >= 11 is 0. The minimum absolute atomic E-state index is 0.0346. The van der Waals surface area contributed by atoms with Crippen molar-refractivity contribution >= 4 is 40.3 Å². The van der Waals surface area contributed by atoms with E-state index in [1.165, 1.54) is 13.2 Å². The summed E-state index contributed by atoms with van der Waals surface area (Å²) in [6.07, 6.45) is 4.75. The molecule has 11 nitrogen and oxygen atoms in total. The molecular formula is C26H31N7O4. The maximum atomic E-state index is 12.6. The number of fused-ring (bicyclic) bond motifs is 1. The van der Waals surface area contributed by atoms with Gasteiger partial charge in [-0.2, -0.15) is 10.4 Å². The number of ether oxygens (including phenoxy) is 2. The third-order valence-corrected chi connectivity index (χ3v) is 6.04. The summed E-state index contributed by atoms with van der Waals surface area (Å²) in [5.41, 5.74) is 0.999. The Kier molecular flexibility index (Phi) is 7.47. The van der Waals surface area contributed by atoms with Gasteiger partial charge in [0.15, 0.2) is 0 Å². The number of aromatic nitrogens is 3. The maximum Gasteiger partial charge on any atom is 0.407 e. The lowest BCUT2D eigenvalue weighted by Gasteiger charge is -2.34. The minimum atomic E-state index is -0.678. The smallest absolute Gasteiger partial charge is 0.407 e. The van der Waals surface area contributed by atoms with Crippen LogP contribution in [0.3, 0.4) is 0 Å². The highest BCUT2D eigenvalue weighted by atomic mass is 16.6. The molecule has 2 aromatic heterocycles. The summed E-state index contributed by atoms with van der Waals surface area (Å²) in [4.78, 5) is 29.7. The van der Waals surface area contributed by atoms with Crippen molar-refractivity contribution in [3.63, 3.8) is 0 Å². The number of aromatic amines is 1. The van der Waals surface area contributed by atoms with Crippen LogP contribution >= 0.6 is 0 Å². The fraction of sp³-hybridized carbons (Fsp3) is 0.423. The van der Waals surface area contributed by atoms with Crippen LogP contribution in [0.5, 0.6) is 0 Å². The molecule has 4 rings (SSSR count). The predicted molar refractivity (Wildman–Crippen MR) is 139 cm³/mol. The van der Waals surface area contributed by atoms with E-state index in [1.807, 2.05) is 39.0 Å². The van der Waals surface area contributed by atoms with E-state index in [4.69, 9.17) is 9.47 Å². The molecule has 1 fully saturated rings. The van der Waals surface area contributed by atoms with Crippen LogP contribution in [0, 0.1) is 11.3 Å². The molecule has 1 aliphatic carbocycles. The quantitative estimate of drug-likeness (QED) is 0.352. The first-order valence-electron chi connectivity index (χ1n) is 12.2. The first kappa shape index (κ1) is 25.8. The second-order valence-electron chi connectivity index (χ2n) is 9.97. The summed E-state index contributed by atoms with van der Waals surface area (Å²) in [5.74, 6) is -0.0974. The van der Waals surface area contributed by atoms with Crippen LogP contribution < -0.4 is 16.0 Å². The number of alkyl carbamates (subject to hydrolysis) is 1. The third kappa shape index (κ3) is 6.27. The molecule has 1 amide bonds. The van der Waals surface area contributed by atoms with Gasteiger partial charge in [0.1, 0.15) is 28.9 Å². The Labute approximate surface area is 214 Å². The third-order valence-electron chi connectivity index (χ3n) is 6.04. The number of amides is 1. The standard InChI is InChI=1S/C26H31N7O4/c1-26(2,3)37-25(35)31-19-8-6-5-7-18(19)30-21-11-16(13-27)22(24(34)36-4)23(32-21)29-17-10-9-15-14-28-33-20(15)12-17/h9-12,14,18-19H,5-8H2,1-4H3,(H,28,33)(H,31,35)(H2,29,30,32)/t18?,19-/m0/s1. The average molecular weight is 506 g/mol. The van der Waals surface area contributed by atoms with Gasteiger partial charge in [-0.1, -0.05) is 12.8 Å². The van der Waals surface area contributed by atoms with Gasteiger partial charge in [0.2, 0.25) is 0 Å². The van der Waals surface area contributed by atoms with Crippen molar-refractivity contribution in [1.82, 2.24) is 20.5 Å². The summed E-state index contributed by atoms with van der Waals surface area (Å²) in [7, 11) is 1.26. The van der Waals surface area contributed by atoms with Gasteiger partial charge in [-0.25, -0.2) is 14.6 Å². The Hall–Kier alpha value is -4.33. The molecule has 1 saturated carbocycles. The number of benzene rings is 1. The van der Waals surface area contributed by atoms with Crippen LogP contribution in [-0.4, -0.2) is 52.0 Å². The van der Waals surface area contributed by atoms with Crippen molar-refractivity contribution in [3.8, 4) is 6.07 Å². The topological polar surface area (TPSA) is 154 Å². The number of carbonyl (C=O) groups is 2. The van der Waals surface area contributed by atoms with E-state index in [0.717, 1.165) is 36.6 Å². The lowest BCUT2D eigenvalue weighted by atomic mass is 9.90. The van der Waals surface area contributed by atoms with Gasteiger partial charge >= 0.3 is 12.1 Å². The molecule has 0 radical (unpaired) electrons. The van der Waals surface area contributed by atoms with Crippen LogP contribution in [0.2, 0.25) is 0 Å². The summed E-state index contributed by atoms with van der Waals surface area (Å²) < 4.78 is 10.4. The molecule has 3 aromatic rings. The number of pyridine rings is 1. The van der Waals surface area contributed by atoms with Crippen molar-refractivity contribution in [2.24, 2.45) is 0 Å². The Bertz CT molecular complexity index is 1340. The lowest BCUT2D eigenvalue weighted by molar-refractivity contribution is 0.0487. The van der Waals surface area contributed by atoms with E-state index in [2.05, 4.69) is 37.2 Å². The van der Waals surface area contributed by atoms with Gasteiger partial charge in [0, 0.05) is 17.1 Å².